The van der Waals surface area contributed by atoms with Crippen molar-refractivity contribution in [3.63, 3.8) is 0 Å². The van der Waals surface area contributed by atoms with Crippen LogP contribution in [0.1, 0.15) is 31.4 Å². The van der Waals surface area contributed by atoms with Crippen LogP contribution in [-0.2, 0) is 6.54 Å². The minimum atomic E-state index is -0.339. The van der Waals surface area contributed by atoms with Gasteiger partial charge in [0.2, 0.25) is 0 Å². The van der Waals surface area contributed by atoms with Crippen LogP contribution < -0.4 is 10.6 Å². The van der Waals surface area contributed by atoms with Gasteiger partial charge in [0.1, 0.15) is 0 Å². The Morgan fingerprint density at radius 1 is 1.08 bits per heavy atom. The zero-order valence-corrected chi connectivity index (χ0v) is 13.9. The van der Waals surface area contributed by atoms with Gasteiger partial charge in [-0.1, -0.05) is 29.8 Å². The fraction of sp³-hybridized carbons (Fsp3) is 0.111. The van der Waals surface area contributed by atoms with E-state index in [1.54, 1.807) is 24.3 Å². The lowest BCUT2D eigenvalue weighted by molar-refractivity contribution is 0.0953. The summed E-state index contributed by atoms with van der Waals surface area (Å²) in [7, 11) is 0. The summed E-state index contributed by atoms with van der Waals surface area (Å²) in [4.78, 5) is 24.6. The summed E-state index contributed by atoms with van der Waals surface area (Å²) in [5.74, 6) is -0.276. The summed E-state index contributed by atoms with van der Waals surface area (Å²) >= 11 is 1.22. The maximum atomic E-state index is 12.2. The zero-order valence-electron chi connectivity index (χ0n) is 13.0. The van der Waals surface area contributed by atoms with E-state index in [9.17, 15) is 9.59 Å². The van der Waals surface area contributed by atoms with E-state index in [2.05, 4.69) is 10.6 Å². The highest BCUT2D eigenvalue weighted by molar-refractivity contribution is 7.18. The molecule has 0 aliphatic rings. The maximum Gasteiger partial charge on any atom is 0.291 e. The molecule has 0 spiro atoms. The molecule has 1 aromatic carbocycles. The van der Waals surface area contributed by atoms with Gasteiger partial charge in [0.05, 0.1) is 16.1 Å². The molecule has 5 nitrogen and oxygen atoms in total. The molecule has 0 bridgehead atoms. The molecule has 0 unspecified atom stereocenters. The summed E-state index contributed by atoms with van der Waals surface area (Å²) in [6.07, 6.45) is 1.44. The molecule has 122 valence electrons. The Balaban J connectivity index is 1.58. The maximum absolute atomic E-state index is 12.2. The second-order valence-electron chi connectivity index (χ2n) is 5.27. The van der Waals surface area contributed by atoms with Crippen LogP contribution in [0.4, 0.5) is 5.00 Å². The average molecular weight is 340 g/mol. The van der Waals surface area contributed by atoms with Gasteiger partial charge >= 0.3 is 0 Å². The van der Waals surface area contributed by atoms with Crippen molar-refractivity contribution >= 4 is 28.2 Å². The third-order valence-corrected chi connectivity index (χ3v) is 4.35. The predicted molar refractivity (Wildman–Crippen MR) is 93.3 cm³/mol. The summed E-state index contributed by atoms with van der Waals surface area (Å²) in [5.41, 5.74) is 2.20. The molecular formula is C18H16N2O3S. The summed E-state index contributed by atoms with van der Waals surface area (Å²) in [6.45, 7) is 2.48. The topological polar surface area (TPSA) is 71.3 Å². The van der Waals surface area contributed by atoms with Crippen molar-refractivity contribution in [3.8, 4) is 0 Å². The number of hydrogen-bond donors (Lipinski definition) is 2. The van der Waals surface area contributed by atoms with Crippen LogP contribution in [0.3, 0.4) is 0 Å². The second-order valence-corrected chi connectivity index (χ2v) is 6.35. The van der Waals surface area contributed by atoms with Gasteiger partial charge in [-0.15, -0.1) is 11.3 Å². The monoisotopic (exact) mass is 340 g/mol. The fourth-order valence-corrected chi connectivity index (χ4v) is 3.02. The third-order valence-electron chi connectivity index (χ3n) is 3.35. The molecule has 2 heterocycles. The van der Waals surface area contributed by atoms with E-state index in [4.69, 9.17) is 4.42 Å². The van der Waals surface area contributed by atoms with Crippen molar-refractivity contribution in [1.29, 1.82) is 0 Å². The normalized spacial score (nSPS) is 10.4. The number of benzene rings is 1. The molecule has 6 heteroatoms. The fourth-order valence-electron chi connectivity index (χ4n) is 2.20. The van der Waals surface area contributed by atoms with Gasteiger partial charge in [0.25, 0.3) is 11.8 Å². The lowest BCUT2D eigenvalue weighted by Gasteiger charge is -2.04. The van der Waals surface area contributed by atoms with Gasteiger partial charge in [-0.2, -0.15) is 0 Å². The molecule has 2 N–H and O–H groups in total. The quantitative estimate of drug-likeness (QED) is 0.741. The van der Waals surface area contributed by atoms with Gasteiger partial charge in [-0.05, 0) is 36.8 Å². The first-order valence-corrected chi connectivity index (χ1v) is 8.22. The van der Waals surface area contributed by atoms with E-state index in [1.807, 2.05) is 31.2 Å². The van der Waals surface area contributed by atoms with Gasteiger partial charge in [-0.3, -0.25) is 9.59 Å². The highest BCUT2D eigenvalue weighted by Gasteiger charge is 2.13. The zero-order chi connectivity index (χ0) is 16.9. The standard InChI is InChI=1S/C18H16N2O3S/c1-12-4-2-5-13(10-12)11-19-18(22)15-7-8-16(24-15)20-17(21)14-6-3-9-23-14/h2-10H,11H2,1H3,(H,19,22)(H,20,21). The number of carbonyl (C=O) groups is 2. The first kappa shape index (κ1) is 16.0. The van der Waals surface area contributed by atoms with Gasteiger partial charge in [-0.25, -0.2) is 0 Å². The SMILES string of the molecule is Cc1cccc(CNC(=O)c2ccc(NC(=O)c3ccco3)s2)c1. The van der Waals surface area contributed by atoms with Crippen LogP contribution in [0, 0.1) is 6.92 Å². The summed E-state index contributed by atoms with van der Waals surface area (Å²) in [5, 5.41) is 6.18. The van der Waals surface area contributed by atoms with Crippen molar-refractivity contribution in [2.75, 3.05) is 5.32 Å². The molecule has 0 fully saturated rings. The van der Waals surface area contributed by atoms with Crippen molar-refractivity contribution in [1.82, 2.24) is 5.32 Å². The van der Waals surface area contributed by atoms with Crippen molar-refractivity contribution in [2.24, 2.45) is 0 Å². The van der Waals surface area contributed by atoms with Crippen molar-refractivity contribution in [2.45, 2.75) is 13.5 Å². The Labute approximate surface area is 143 Å². The van der Waals surface area contributed by atoms with Crippen LogP contribution in [0.25, 0.3) is 0 Å². The number of nitrogens with one attached hydrogen (secondary N) is 2. The smallest absolute Gasteiger partial charge is 0.291 e. The van der Waals surface area contributed by atoms with Gasteiger partial charge < -0.3 is 15.1 Å². The van der Waals surface area contributed by atoms with Gasteiger partial charge in [0, 0.05) is 6.54 Å². The van der Waals surface area contributed by atoms with E-state index in [0.717, 1.165) is 11.1 Å². The number of aryl methyl sites for hydroxylation is 1. The van der Waals surface area contributed by atoms with E-state index >= 15 is 0 Å². The van der Waals surface area contributed by atoms with Crippen LogP contribution >= 0.6 is 11.3 Å². The lowest BCUT2D eigenvalue weighted by Crippen LogP contribution is -2.21. The van der Waals surface area contributed by atoms with E-state index in [-0.39, 0.29) is 17.6 Å². The van der Waals surface area contributed by atoms with Crippen molar-refractivity contribution in [3.05, 3.63) is 76.6 Å². The van der Waals surface area contributed by atoms with E-state index in [0.29, 0.717) is 16.4 Å². The van der Waals surface area contributed by atoms with E-state index in [1.165, 1.54) is 17.6 Å². The number of anilines is 1. The Bertz CT molecular complexity index is 853. The number of rotatable bonds is 5. The molecule has 24 heavy (non-hydrogen) atoms. The Morgan fingerprint density at radius 3 is 2.71 bits per heavy atom. The number of furan rings is 1. The van der Waals surface area contributed by atoms with Gasteiger partial charge in [0.15, 0.2) is 5.76 Å². The predicted octanol–water partition coefficient (Wildman–Crippen LogP) is 3.83. The molecule has 0 aliphatic heterocycles. The number of amides is 2. The number of thiophene rings is 1. The first-order chi connectivity index (χ1) is 11.6. The molecule has 0 saturated carbocycles. The Morgan fingerprint density at radius 2 is 1.96 bits per heavy atom. The van der Waals surface area contributed by atoms with Crippen molar-refractivity contribution < 1.29 is 14.0 Å². The average Bonchev–Trinajstić information content (AvgIpc) is 3.24. The molecule has 3 rings (SSSR count). The third kappa shape index (κ3) is 3.91. The molecule has 0 radical (unpaired) electrons. The Kier molecular flexibility index (Phi) is 4.77. The highest BCUT2D eigenvalue weighted by Crippen LogP contribution is 2.22. The Hall–Kier alpha value is -2.86. The van der Waals surface area contributed by atoms with E-state index < -0.39 is 0 Å². The molecule has 0 saturated heterocycles. The molecule has 2 amide bonds. The minimum absolute atomic E-state index is 0.167. The molecule has 0 atom stereocenters. The molecule has 0 aliphatic carbocycles. The number of hydrogen-bond acceptors (Lipinski definition) is 4. The number of carbonyl (C=O) groups excluding carboxylic acids is 2. The second kappa shape index (κ2) is 7.14. The first-order valence-electron chi connectivity index (χ1n) is 7.40. The largest absolute Gasteiger partial charge is 0.459 e. The summed E-state index contributed by atoms with van der Waals surface area (Å²) < 4.78 is 5.03. The lowest BCUT2D eigenvalue weighted by atomic mass is 10.1. The molecule has 2 aromatic heterocycles. The summed E-state index contributed by atoms with van der Waals surface area (Å²) in [6, 6.07) is 14.6. The molecular weight excluding hydrogens is 324 g/mol. The van der Waals surface area contributed by atoms with Crippen LogP contribution in [0.2, 0.25) is 0 Å². The van der Waals surface area contributed by atoms with Crippen LogP contribution in [0.15, 0.2) is 59.2 Å². The highest BCUT2D eigenvalue weighted by atomic mass is 32.1. The molecule has 3 aromatic rings. The van der Waals surface area contributed by atoms with Crippen LogP contribution in [-0.4, -0.2) is 11.8 Å². The van der Waals surface area contributed by atoms with Crippen LogP contribution in [0.5, 0.6) is 0 Å². The minimum Gasteiger partial charge on any atom is -0.459 e.